The van der Waals surface area contributed by atoms with Crippen LogP contribution in [0.2, 0.25) is 0 Å². The SMILES string of the molecule is CN(C)S(=O)(=O)[C@H]1CC[C@@H](N2CCc3c(-c4cnc(N)nc4)nc(N4CCOCC4)nc32)C1. The minimum Gasteiger partial charge on any atom is -0.378 e. The van der Waals surface area contributed by atoms with Crippen molar-refractivity contribution in [3.05, 3.63) is 18.0 Å². The van der Waals surface area contributed by atoms with Gasteiger partial charge >= 0.3 is 0 Å². The number of ether oxygens (including phenoxy) is 1. The molecule has 0 unspecified atom stereocenters. The number of aromatic nitrogens is 4. The fourth-order valence-corrected chi connectivity index (χ4v) is 6.49. The highest BCUT2D eigenvalue weighted by atomic mass is 32.2. The first-order chi connectivity index (χ1) is 15.8. The van der Waals surface area contributed by atoms with Gasteiger partial charge in [0.1, 0.15) is 5.82 Å². The van der Waals surface area contributed by atoms with E-state index in [-0.39, 0.29) is 17.2 Å². The molecule has 2 aliphatic heterocycles. The van der Waals surface area contributed by atoms with Gasteiger partial charge in [-0.25, -0.2) is 27.7 Å². The number of fused-ring (bicyclic) bond motifs is 1. The molecule has 2 aromatic rings. The van der Waals surface area contributed by atoms with E-state index in [1.165, 1.54) is 4.31 Å². The van der Waals surface area contributed by atoms with Crippen LogP contribution >= 0.6 is 0 Å². The van der Waals surface area contributed by atoms with Crippen molar-refractivity contribution in [2.45, 2.75) is 37.0 Å². The number of anilines is 3. The lowest BCUT2D eigenvalue weighted by Gasteiger charge is -2.30. The quantitative estimate of drug-likeness (QED) is 0.654. The van der Waals surface area contributed by atoms with Crippen molar-refractivity contribution in [1.82, 2.24) is 24.2 Å². The van der Waals surface area contributed by atoms with Gasteiger partial charge in [-0.1, -0.05) is 0 Å². The summed E-state index contributed by atoms with van der Waals surface area (Å²) in [4.78, 5) is 22.6. The van der Waals surface area contributed by atoms with E-state index in [1.54, 1.807) is 26.5 Å². The largest absolute Gasteiger partial charge is 0.378 e. The molecule has 3 aliphatic rings. The number of nitrogen functional groups attached to an aromatic ring is 1. The average molecular weight is 475 g/mol. The maximum Gasteiger partial charge on any atom is 0.228 e. The molecule has 12 heteroatoms. The highest BCUT2D eigenvalue weighted by molar-refractivity contribution is 7.89. The summed E-state index contributed by atoms with van der Waals surface area (Å²) in [6, 6.07) is 0.133. The third-order valence-electron chi connectivity index (χ3n) is 6.82. The van der Waals surface area contributed by atoms with Gasteiger partial charge in [0.25, 0.3) is 0 Å². The first kappa shape index (κ1) is 22.2. The summed E-state index contributed by atoms with van der Waals surface area (Å²) >= 11 is 0. The molecule has 1 saturated heterocycles. The maximum atomic E-state index is 12.7. The molecule has 4 heterocycles. The molecular formula is C21H30N8O3S. The number of nitrogens with two attached hydrogens (primary N) is 1. The lowest BCUT2D eigenvalue weighted by atomic mass is 10.1. The second-order valence-electron chi connectivity index (χ2n) is 8.96. The van der Waals surface area contributed by atoms with Gasteiger partial charge in [-0.3, -0.25) is 0 Å². The Hall–Kier alpha value is -2.57. The molecule has 0 radical (unpaired) electrons. The van der Waals surface area contributed by atoms with E-state index in [0.29, 0.717) is 32.0 Å². The summed E-state index contributed by atoms with van der Waals surface area (Å²) in [5.41, 5.74) is 8.38. The Bertz CT molecular complexity index is 1120. The second-order valence-corrected chi connectivity index (χ2v) is 11.4. The molecule has 2 fully saturated rings. The van der Waals surface area contributed by atoms with Gasteiger partial charge in [-0.2, -0.15) is 4.98 Å². The molecule has 2 atom stereocenters. The Labute approximate surface area is 194 Å². The van der Waals surface area contributed by atoms with Crippen LogP contribution in [0.5, 0.6) is 0 Å². The van der Waals surface area contributed by atoms with E-state index < -0.39 is 10.0 Å². The summed E-state index contributed by atoms with van der Waals surface area (Å²) in [5, 5.41) is -0.355. The van der Waals surface area contributed by atoms with Crippen LogP contribution in [-0.2, 0) is 21.2 Å². The molecule has 178 valence electrons. The topological polar surface area (TPSA) is 131 Å². The van der Waals surface area contributed by atoms with Crippen LogP contribution in [-0.4, -0.2) is 90.9 Å². The zero-order chi connectivity index (χ0) is 23.2. The number of hydrogen-bond acceptors (Lipinski definition) is 10. The van der Waals surface area contributed by atoms with E-state index in [2.05, 4.69) is 19.8 Å². The number of sulfonamides is 1. The minimum absolute atomic E-state index is 0.133. The van der Waals surface area contributed by atoms with E-state index in [0.717, 1.165) is 55.1 Å². The second kappa shape index (κ2) is 8.65. The summed E-state index contributed by atoms with van der Waals surface area (Å²) in [6.07, 6.45) is 6.29. The summed E-state index contributed by atoms with van der Waals surface area (Å²) < 4.78 is 32.3. The lowest BCUT2D eigenvalue weighted by molar-refractivity contribution is 0.122. The molecule has 33 heavy (non-hydrogen) atoms. The van der Waals surface area contributed by atoms with Crippen molar-refractivity contribution in [3.63, 3.8) is 0 Å². The molecule has 0 bridgehead atoms. The zero-order valence-corrected chi connectivity index (χ0v) is 19.8. The van der Waals surface area contributed by atoms with Gasteiger partial charge in [0.2, 0.25) is 21.9 Å². The van der Waals surface area contributed by atoms with Crippen LogP contribution in [0.1, 0.15) is 24.8 Å². The van der Waals surface area contributed by atoms with Gasteiger partial charge in [0, 0.05) is 63.3 Å². The van der Waals surface area contributed by atoms with Gasteiger partial charge in [0.05, 0.1) is 24.2 Å². The molecule has 0 spiro atoms. The summed E-state index contributed by atoms with van der Waals surface area (Å²) in [7, 11) is -0.0581. The van der Waals surface area contributed by atoms with Crippen molar-refractivity contribution in [1.29, 1.82) is 0 Å². The third-order valence-corrected chi connectivity index (χ3v) is 9.10. The Morgan fingerprint density at radius 3 is 2.52 bits per heavy atom. The predicted molar refractivity (Wildman–Crippen MR) is 126 cm³/mol. The van der Waals surface area contributed by atoms with Crippen molar-refractivity contribution >= 4 is 27.7 Å². The normalized spacial score (nSPS) is 23.4. The minimum atomic E-state index is -3.27. The number of rotatable bonds is 5. The molecule has 1 saturated carbocycles. The molecule has 2 aromatic heterocycles. The molecule has 5 rings (SSSR count). The van der Waals surface area contributed by atoms with Crippen LogP contribution in [0.25, 0.3) is 11.3 Å². The number of nitrogens with zero attached hydrogens (tertiary/aromatic N) is 7. The van der Waals surface area contributed by atoms with Crippen LogP contribution in [0.15, 0.2) is 12.4 Å². The van der Waals surface area contributed by atoms with E-state index >= 15 is 0 Å². The van der Waals surface area contributed by atoms with Gasteiger partial charge in [0.15, 0.2) is 0 Å². The van der Waals surface area contributed by atoms with Crippen LogP contribution in [0.4, 0.5) is 17.7 Å². The Kier molecular flexibility index (Phi) is 5.83. The molecule has 0 aromatic carbocycles. The molecule has 0 amide bonds. The van der Waals surface area contributed by atoms with Crippen molar-refractivity contribution in [3.8, 4) is 11.3 Å². The van der Waals surface area contributed by atoms with E-state index in [9.17, 15) is 8.42 Å². The zero-order valence-electron chi connectivity index (χ0n) is 19.0. The molecule has 1 aliphatic carbocycles. The highest BCUT2D eigenvalue weighted by Crippen LogP contribution is 2.40. The molecule has 11 nitrogen and oxygen atoms in total. The van der Waals surface area contributed by atoms with Crippen LogP contribution < -0.4 is 15.5 Å². The fraction of sp³-hybridized carbons (Fsp3) is 0.619. The Morgan fingerprint density at radius 1 is 1.09 bits per heavy atom. The first-order valence-corrected chi connectivity index (χ1v) is 12.8. The third kappa shape index (κ3) is 4.11. The maximum absolute atomic E-state index is 12.7. The predicted octanol–water partition coefficient (Wildman–Crippen LogP) is 0.527. The Morgan fingerprint density at radius 2 is 1.82 bits per heavy atom. The summed E-state index contributed by atoms with van der Waals surface area (Å²) in [6.45, 7) is 3.51. The average Bonchev–Trinajstić information content (AvgIpc) is 3.47. The number of morpholine rings is 1. The van der Waals surface area contributed by atoms with Gasteiger partial charge in [-0.05, 0) is 25.7 Å². The van der Waals surface area contributed by atoms with Crippen LogP contribution in [0.3, 0.4) is 0 Å². The highest BCUT2D eigenvalue weighted by Gasteiger charge is 2.41. The van der Waals surface area contributed by atoms with E-state index in [1.807, 2.05) is 0 Å². The molecular weight excluding hydrogens is 444 g/mol. The van der Waals surface area contributed by atoms with Crippen molar-refractivity contribution in [2.24, 2.45) is 0 Å². The van der Waals surface area contributed by atoms with Crippen LogP contribution in [0, 0.1) is 0 Å². The van der Waals surface area contributed by atoms with Crippen molar-refractivity contribution < 1.29 is 13.2 Å². The first-order valence-electron chi connectivity index (χ1n) is 11.3. The number of hydrogen-bond donors (Lipinski definition) is 1. The fourth-order valence-electron chi connectivity index (χ4n) is 5.00. The van der Waals surface area contributed by atoms with E-state index in [4.69, 9.17) is 20.4 Å². The monoisotopic (exact) mass is 474 g/mol. The summed E-state index contributed by atoms with van der Waals surface area (Å²) in [5.74, 6) is 1.77. The van der Waals surface area contributed by atoms with Gasteiger partial charge in [-0.15, -0.1) is 0 Å². The van der Waals surface area contributed by atoms with Gasteiger partial charge < -0.3 is 20.3 Å². The Balaban J connectivity index is 1.51. The smallest absolute Gasteiger partial charge is 0.228 e. The standard InChI is InChI=1S/C21H30N8O3S/c1-27(2)33(30,31)16-4-3-15(11-16)29-6-5-17-18(14-12-23-20(22)24-13-14)25-21(26-19(17)29)28-7-9-32-10-8-28/h12-13,15-16H,3-11H2,1-2H3,(H2,22,23,24)/t15-,16+/m1/s1. The molecule has 2 N–H and O–H groups in total. The van der Waals surface area contributed by atoms with Crippen molar-refractivity contribution in [2.75, 3.05) is 62.5 Å². The lowest BCUT2D eigenvalue weighted by Crippen LogP contribution is -2.38.